The Morgan fingerprint density at radius 3 is 2.78 bits per heavy atom. The largest absolute Gasteiger partial charge is 0.332 e. The number of rotatable bonds is 6. The fourth-order valence-corrected chi connectivity index (χ4v) is 3.26. The zero-order chi connectivity index (χ0) is 16.1. The van der Waals surface area contributed by atoms with E-state index in [1.54, 1.807) is 11.3 Å². The molecule has 0 saturated heterocycles. The van der Waals surface area contributed by atoms with Crippen LogP contribution in [-0.4, -0.2) is 26.3 Å². The number of aryl methyl sites for hydroxylation is 2. The van der Waals surface area contributed by atoms with Gasteiger partial charge in [0, 0.05) is 11.8 Å². The van der Waals surface area contributed by atoms with E-state index in [1.807, 2.05) is 12.1 Å². The Kier molecular flexibility index (Phi) is 4.77. The molecule has 0 fully saturated rings. The highest BCUT2D eigenvalue weighted by Gasteiger charge is 2.14. The summed E-state index contributed by atoms with van der Waals surface area (Å²) in [5, 5.41) is 11.1. The Bertz CT molecular complexity index is 782. The molecule has 0 amide bonds. The molecule has 0 atom stereocenters. The average Bonchev–Trinajstić information content (AvgIpc) is 3.17. The Labute approximate surface area is 137 Å². The van der Waals surface area contributed by atoms with Crippen molar-refractivity contribution in [3.05, 3.63) is 52.9 Å². The van der Waals surface area contributed by atoms with Crippen molar-refractivity contribution in [2.75, 3.05) is 0 Å². The third-order valence-corrected chi connectivity index (χ3v) is 4.41. The molecule has 2 heterocycles. The SMILES string of the molecule is CC(=O)On1nnnc1-c1ccc(CCCc2ccccc2)s1. The van der Waals surface area contributed by atoms with Crippen molar-refractivity contribution in [1.82, 2.24) is 20.4 Å². The Morgan fingerprint density at radius 2 is 2.00 bits per heavy atom. The van der Waals surface area contributed by atoms with Crippen LogP contribution in [0.2, 0.25) is 0 Å². The smallest absolute Gasteiger partial charge is 0.316 e. The maximum Gasteiger partial charge on any atom is 0.332 e. The third kappa shape index (κ3) is 4.01. The summed E-state index contributed by atoms with van der Waals surface area (Å²) >= 11 is 1.61. The number of nitrogens with zero attached hydrogens (tertiary/aromatic N) is 4. The van der Waals surface area contributed by atoms with Gasteiger partial charge in [0.15, 0.2) is 0 Å². The molecule has 0 spiro atoms. The zero-order valence-electron chi connectivity index (χ0n) is 12.7. The molecular formula is C16H16N4O2S. The molecule has 0 N–H and O–H groups in total. The molecule has 0 aliphatic heterocycles. The summed E-state index contributed by atoms with van der Waals surface area (Å²) in [4.78, 5) is 19.2. The van der Waals surface area contributed by atoms with E-state index in [4.69, 9.17) is 4.84 Å². The minimum Gasteiger partial charge on any atom is -0.316 e. The van der Waals surface area contributed by atoms with Crippen LogP contribution in [0.15, 0.2) is 42.5 Å². The van der Waals surface area contributed by atoms with Gasteiger partial charge in [0.1, 0.15) is 0 Å². The van der Waals surface area contributed by atoms with Crippen molar-refractivity contribution in [3.8, 4) is 10.7 Å². The molecule has 23 heavy (non-hydrogen) atoms. The molecule has 3 rings (SSSR count). The molecule has 0 radical (unpaired) electrons. The van der Waals surface area contributed by atoms with Gasteiger partial charge in [-0.2, -0.15) is 0 Å². The molecule has 1 aromatic carbocycles. The van der Waals surface area contributed by atoms with Gasteiger partial charge in [-0.25, -0.2) is 4.79 Å². The van der Waals surface area contributed by atoms with Crippen LogP contribution in [0.1, 0.15) is 23.8 Å². The number of hydrogen-bond acceptors (Lipinski definition) is 6. The van der Waals surface area contributed by atoms with E-state index in [0.29, 0.717) is 5.82 Å². The van der Waals surface area contributed by atoms with E-state index in [1.165, 1.54) is 17.4 Å². The van der Waals surface area contributed by atoms with Gasteiger partial charge in [-0.15, -0.1) is 16.4 Å². The van der Waals surface area contributed by atoms with Crippen LogP contribution in [0, 0.1) is 0 Å². The van der Waals surface area contributed by atoms with Crippen LogP contribution in [-0.2, 0) is 17.6 Å². The van der Waals surface area contributed by atoms with Crippen molar-refractivity contribution >= 4 is 17.3 Å². The molecule has 118 valence electrons. The van der Waals surface area contributed by atoms with Crippen molar-refractivity contribution in [3.63, 3.8) is 0 Å². The molecule has 0 aliphatic carbocycles. The van der Waals surface area contributed by atoms with Gasteiger partial charge in [-0.05, 0) is 52.2 Å². The molecular weight excluding hydrogens is 312 g/mol. The Morgan fingerprint density at radius 1 is 1.17 bits per heavy atom. The normalized spacial score (nSPS) is 10.7. The summed E-state index contributed by atoms with van der Waals surface area (Å²) in [5.74, 6) is -0.0160. The fraction of sp³-hybridized carbons (Fsp3) is 0.250. The maximum absolute atomic E-state index is 11.0. The van der Waals surface area contributed by atoms with Gasteiger partial charge in [-0.3, -0.25) is 0 Å². The van der Waals surface area contributed by atoms with Gasteiger partial charge >= 0.3 is 5.97 Å². The second-order valence-electron chi connectivity index (χ2n) is 5.06. The second kappa shape index (κ2) is 7.15. The fourth-order valence-electron chi connectivity index (χ4n) is 2.25. The Balaban J connectivity index is 1.62. The van der Waals surface area contributed by atoms with Crippen LogP contribution in [0.25, 0.3) is 10.7 Å². The first-order valence-electron chi connectivity index (χ1n) is 7.32. The highest BCUT2D eigenvalue weighted by Crippen LogP contribution is 2.26. The lowest BCUT2D eigenvalue weighted by molar-refractivity contribution is -0.143. The maximum atomic E-state index is 11.0. The van der Waals surface area contributed by atoms with Crippen molar-refractivity contribution in [1.29, 1.82) is 0 Å². The summed E-state index contributed by atoms with van der Waals surface area (Å²) < 4.78 is 0. The van der Waals surface area contributed by atoms with Crippen molar-refractivity contribution < 1.29 is 9.63 Å². The van der Waals surface area contributed by atoms with Gasteiger partial charge in [-0.1, -0.05) is 30.3 Å². The molecule has 0 aliphatic rings. The quantitative estimate of drug-likeness (QED) is 0.650. The zero-order valence-corrected chi connectivity index (χ0v) is 13.5. The minimum absolute atomic E-state index is 0.444. The van der Waals surface area contributed by atoms with Crippen LogP contribution >= 0.6 is 11.3 Å². The predicted molar refractivity (Wildman–Crippen MR) is 86.9 cm³/mol. The van der Waals surface area contributed by atoms with E-state index in [9.17, 15) is 4.79 Å². The monoisotopic (exact) mass is 328 g/mol. The summed E-state index contributed by atoms with van der Waals surface area (Å²) in [6.07, 6.45) is 3.13. The molecule has 0 saturated carbocycles. The van der Waals surface area contributed by atoms with Gasteiger partial charge in [0.25, 0.3) is 0 Å². The summed E-state index contributed by atoms with van der Waals surface area (Å²) in [6, 6.07) is 14.5. The van der Waals surface area contributed by atoms with E-state index in [-0.39, 0.29) is 0 Å². The highest BCUT2D eigenvalue weighted by atomic mass is 32.1. The minimum atomic E-state index is -0.460. The number of carbonyl (C=O) groups is 1. The summed E-state index contributed by atoms with van der Waals surface area (Å²) in [7, 11) is 0. The van der Waals surface area contributed by atoms with Gasteiger partial charge < -0.3 is 4.84 Å². The standard InChI is InChI=1S/C16H16N4O2S/c1-12(21)22-20-16(17-18-19-20)15-11-10-14(23-15)9-5-8-13-6-3-2-4-7-13/h2-4,6-7,10-11H,5,8-9H2,1H3. The summed E-state index contributed by atoms with van der Waals surface area (Å²) in [6.45, 7) is 1.31. The van der Waals surface area contributed by atoms with Crippen molar-refractivity contribution in [2.45, 2.75) is 26.2 Å². The van der Waals surface area contributed by atoms with E-state index >= 15 is 0 Å². The topological polar surface area (TPSA) is 69.9 Å². The first-order valence-corrected chi connectivity index (χ1v) is 8.14. The number of tetrazole rings is 1. The first kappa shape index (κ1) is 15.4. The summed E-state index contributed by atoms with van der Waals surface area (Å²) in [5.41, 5.74) is 1.35. The number of aromatic nitrogens is 4. The molecule has 2 aromatic heterocycles. The number of hydrogen-bond donors (Lipinski definition) is 0. The highest BCUT2D eigenvalue weighted by molar-refractivity contribution is 7.15. The van der Waals surface area contributed by atoms with E-state index < -0.39 is 5.97 Å². The lowest BCUT2D eigenvalue weighted by Crippen LogP contribution is -2.18. The van der Waals surface area contributed by atoms with Crippen LogP contribution < -0.4 is 4.84 Å². The molecule has 3 aromatic rings. The van der Waals surface area contributed by atoms with Crippen LogP contribution in [0.5, 0.6) is 0 Å². The van der Waals surface area contributed by atoms with Gasteiger partial charge in [0.2, 0.25) is 5.82 Å². The van der Waals surface area contributed by atoms with Crippen LogP contribution in [0.4, 0.5) is 0 Å². The third-order valence-electron chi connectivity index (χ3n) is 3.27. The Hall–Kier alpha value is -2.54. The number of thiophene rings is 1. The van der Waals surface area contributed by atoms with Gasteiger partial charge in [0.05, 0.1) is 4.88 Å². The predicted octanol–water partition coefficient (Wildman–Crippen LogP) is 2.55. The van der Waals surface area contributed by atoms with E-state index in [0.717, 1.165) is 29.0 Å². The molecule has 0 bridgehead atoms. The average molecular weight is 328 g/mol. The lowest BCUT2D eigenvalue weighted by Gasteiger charge is -2.00. The van der Waals surface area contributed by atoms with E-state index in [2.05, 4.69) is 45.9 Å². The molecule has 7 heteroatoms. The molecule has 0 unspecified atom stereocenters. The van der Waals surface area contributed by atoms with Crippen molar-refractivity contribution in [2.24, 2.45) is 0 Å². The number of benzene rings is 1. The lowest BCUT2D eigenvalue weighted by atomic mass is 10.1. The van der Waals surface area contributed by atoms with Crippen LogP contribution in [0.3, 0.4) is 0 Å². The number of carbonyl (C=O) groups excluding carboxylic acids is 1. The molecule has 6 nitrogen and oxygen atoms in total. The first-order chi connectivity index (χ1) is 11.2. The second-order valence-corrected chi connectivity index (χ2v) is 6.23.